The van der Waals surface area contributed by atoms with Gasteiger partial charge in [0, 0.05) is 10.6 Å². The van der Waals surface area contributed by atoms with Crippen molar-refractivity contribution < 1.29 is 9.84 Å². The van der Waals surface area contributed by atoms with Crippen molar-refractivity contribution in [2.45, 2.75) is 26.6 Å². The first-order valence-electron chi connectivity index (χ1n) is 6.22. The molecule has 0 heterocycles. The summed E-state index contributed by atoms with van der Waals surface area (Å²) in [4.78, 5) is 0. The summed E-state index contributed by atoms with van der Waals surface area (Å²) in [5.41, 5.74) is 2.96. The first kappa shape index (κ1) is 13.9. The van der Waals surface area contributed by atoms with Crippen molar-refractivity contribution in [1.29, 1.82) is 0 Å². The lowest BCUT2D eigenvalue weighted by molar-refractivity contribution is 0.190. The van der Waals surface area contributed by atoms with E-state index in [0.717, 1.165) is 22.4 Å². The normalized spacial score (nSPS) is 12.2. The molecule has 0 fully saturated rings. The number of aliphatic hydroxyl groups is 1. The van der Waals surface area contributed by atoms with Crippen molar-refractivity contribution >= 4 is 11.6 Å². The van der Waals surface area contributed by atoms with Crippen LogP contribution < -0.4 is 4.74 Å². The predicted octanol–water partition coefficient (Wildman–Crippen LogP) is 4.28. The van der Waals surface area contributed by atoms with Gasteiger partial charge in [-0.05, 0) is 43.2 Å². The third kappa shape index (κ3) is 3.72. The maximum absolute atomic E-state index is 9.73. The Balaban J connectivity index is 2.14. The number of benzene rings is 2. The highest BCUT2D eigenvalue weighted by Crippen LogP contribution is 2.27. The van der Waals surface area contributed by atoms with E-state index in [9.17, 15) is 5.11 Å². The van der Waals surface area contributed by atoms with E-state index in [1.807, 2.05) is 49.4 Å². The van der Waals surface area contributed by atoms with Crippen LogP contribution in [0.25, 0.3) is 0 Å². The van der Waals surface area contributed by atoms with Crippen molar-refractivity contribution in [2.75, 3.05) is 0 Å². The lowest BCUT2D eigenvalue weighted by Crippen LogP contribution is -2.01. The fraction of sp³-hybridized carbons (Fsp3) is 0.250. The van der Waals surface area contributed by atoms with E-state index in [4.69, 9.17) is 16.3 Å². The smallest absolute Gasteiger partial charge is 0.125 e. The Morgan fingerprint density at radius 1 is 1.16 bits per heavy atom. The van der Waals surface area contributed by atoms with E-state index in [-0.39, 0.29) is 0 Å². The van der Waals surface area contributed by atoms with Crippen LogP contribution in [0.4, 0.5) is 0 Å². The van der Waals surface area contributed by atoms with Gasteiger partial charge in [-0.25, -0.2) is 0 Å². The molecule has 1 atom stereocenters. The van der Waals surface area contributed by atoms with Crippen molar-refractivity contribution in [2.24, 2.45) is 0 Å². The second-order valence-electron chi connectivity index (χ2n) is 4.63. The van der Waals surface area contributed by atoms with E-state index in [1.54, 1.807) is 6.92 Å². The Morgan fingerprint density at radius 3 is 2.47 bits per heavy atom. The van der Waals surface area contributed by atoms with Crippen LogP contribution in [0.1, 0.15) is 29.7 Å². The zero-order chi connectivity index (χ0) is 13.8. The molecule has 0 bridgehead atoms. The van der Waals surface area contributed by atoms with Gasteiger partial charge in [-0.15, -0.1) is 0 Å². The minimum absolute atomic E-state index is 0.459. The van der Waals surface area contributed by atoms with E-state index < -0.39 is 6.10 Å². The molecular weight excluding hydrogens is 260 g/mol. The zero-order valence-corrected chi connectivity index (χ0v) is 11.8. The van der Waals surface area contributed by atoms with Crippen LogP contribution in [0.2, 0.25) is 5.02 Å². The first-order valence-corrected chi connectivity index (χ1v) is 6.60. The number of rotatable bonds is 4. The molecule has 2 nitrogen and oxygen atoms in total. The molecule has 1 unspecified atom stereocenters. The van der Waals surface area contributed by atoms with Crippen molar-refractivity contribution in [1.82, 2.24) is 0 Å². The van der Waals surface area contributed by atoms with Crippen LogP contribution in [0.15, 0.2) is 42.5 Å². The largest absolute Gasteiger partial charge is 0.489 e. The van der Waals surface area contributed by atoms with Crippen LogP contribution >= 0.6 is 11.6 Å². The molecule has 0 aliphatic rings. The summed E-state index contributed by atoms with van der Waals surface area (Å²) in [5, 5.41) is 10.4. The molecule has 0 saturated heterocycles. The highest BCUT2D eigenvalue weighted by atomic mass is 35.5. The van der Waals surface area contributed by atoms with Gasteiger partial charge in [0.2, 0.25) is 0 Å². The average Bonchev–Trinajstić information content (AvgIpc) is 2.38. The molecule has 0 radical (unpaired) electrons. The number of aliphatic hydroxyl groups excluding tert-OH is 1. The SMILES string of the molecule is Cc1ccc(C(C)O)c(OCc2ccc(Cl)cc2)c1. The Bertz CT molecular complexity index is 547. The molecule has 2 aromatic carbocycles. The molecule has 19 heavy (non-hydrogen) atoms. The van der Waals surface area contributed by atoms with Crippen molar-refractivity contribution in [3.8, 4) is 5.75 Å². The molecule has 1 N–H and O–H groups in total. The van der Waals surface area contributed by atoms with Crippen LogP contribution in [0.3, 0.4) is 0 Å². The second-order valence-corrected chi connectivity index (χ2v) is 5.07. The topological polar surface area (TPSA) is 29.5 Å². The molecule has 3 heteroatoms. The van der Waals surface area contributed by atoms with Gasteiger partial charge in [-0.1, -0.05) is 35.9 Å². The summed E-state index contributed by atoms with van der Waals surface area (Å²) in [6, 6.07) is 13.4. The summed E-state index contributed by atoms with van der Waals surface area (Å²) in [6.07, 6.45) is -0.541. The van der Waals surface area contributed by atoms with Gasteiger partial charge in [-0.3, -0.25) is 0 Å². The van der Waals surface area contributed by atoms with Crippen LogP contribution in [-0.4, -0.2) is 5.11 Å². The maximum Gasteiger partial charge on any atom is 0.125 e. The average molecular weight is 277 g/mol. The van der Waals surface area contributed by atoms with Gasteiger partial charge in [0.25, 0.3) is 0 Å². The van der Waals surface area contributed by atoms with Crippen molar-refractivity contribution in [3.63, 3.8) is 0 Å². The molecule has 100 valence electrons. The van der Waals surface area contributed by atoms with Crippen LogP contribution in [0, 0.1) is 6.92 Å². The highest BCUT2D eigenvalue weighted by Gasteiger charge is 2.09. The standard InChI is InChI=1S/C16H17ClO2/c1-11-3-8-15(12(2)18)16(9-11)19-10-13-4-6-14(17)7-5-13/h3-9,12,18H,10H2,1-2H3. The number of ether oxygens (including phenoxy) is 1. The van der Waals surface area contributed by atoms with Crippen LogP contribution in [-0.2, 0) is 6.61 Å². The fourth-order valence-corrected chi connectivity index (χ4v) is 1.98. The summed E-state index contributed by atoms with van der Waals surface area (Å²) < 4.78 is 5.80. The minimum atomic E-state index is -0.541. The molecule has 2 aromatic rings. The van der Waals surface area contributed by atoms with E-state index in [1.165, 1.54) is 0 Å². The highest BCUT2D eigenvalue weighted by molar-refractivity contribution is 6.30. The number of hydrogen-bond donors (Lipinski definition) is 1. The summed E-state index contributed by atoms with van der Waals surface area (Å²) >= 11 is 5.84. The number of halogens is 1. The van der Waals surface area contributed by atoms with Gasteiger partial charge in [0.1, 0.15) is 12.4 Å². The molecule has 0 aliphatic carbocycles. The minimum Gasteiger partial charge on any atom is -0.489 e. The Morgan fingerprint density at radius 2 is 1.84 bits per heavy atom. The molecule has 0 aliphatic heterocycles. The van der Waals surface area contributed by atoms with Crippen LogP contribution in [0.5, 0.6) is 5.75 Å². The van der Waals surface area contributed by atoms with Gasteiger partial charge in [-0.2, -0.15) is 0 Å². The monoisotopic (exact) mass is 276 g/mol. The molecule has 0 saturated carbocycles. The quantitative estimate of drug-likeness (QED) is 0.903. The summed E-state index contributed by atoms with van der Waals surface area (Å²) in [6.45, 7) is 4.20. The molecular formula is C16H17ClO2. The van der Waals surface area contributed by atoms with E-state index >= 15 is 0 Å². The third-order valence-electron chi connectivity index (χ3n) is 2.93. The predicted molar refractivity (Wildman–Crippen MR) is 77.6 cm³/mol. The molecule has 0 amide bonds. The third-order valence-corrected chi connectivity index (χ3v) is 3.18. The summed E-state index contributed by atoms with van der Waals surface area (Å²) in [5.74, 6) is 0.727. The zero-order valence-electron chi connectivity index (χ0n) is 11.1. The van der Waals surface area contributed by atoms with E-state index in [0.29, 0.717) is 11.6 Å². The lowest BCUT2D eigenvalue weighted by atomic mass is 10.1. The Kier molecular flexibility index (Phi) is 4.46. The fourth-order valence-electron chi connectivity index (χ4n) is 1.85. The summed E-state index contributed by atoms with van der Waals surface area (Å²) in [7, 11) is 0. The molecule has 0 aromatic heterocycles. The van der Waals surface area contributed by atoms with Gasteiger partial charge in [0.15, 0.2) is 0 Å². The number of aryl methyl sites for hydroxylation is 1. The molecule has 0 spiro atoms. The number of hydrogen-bond acceptors (Lipinski definition) is 2. The maximum atomic E-state index is 9.73. The Labute approximate surface area is 118 Å². The van der Waals surface area contributed by atoms with Gasteiger partial charge in [0.05, 0.1) is 6.10 Å². The van der Waals surface area contributed by atoms with Gasteiger partial charge >= 0.3 is 0 Å². The van der Waals surface area contributed by atoms with Gasteiger partial charge < -0.3 is 9.84 Å². The van der Waals surface area contributed by atoms with E-state index in [2.05, 4.69) is 0 Å². The Hall–Kier alpha value is -1.51. The second kappa shape index (κ2) is 6.09. The first-order chi connectivity index (χ1) is 9.06. The lowest BCUT2D eigenvalue weighted by Gasteiger charge is -2.14. The van der Waals surface area contributed by atoms with Crippen molar-refractivity contribution in [3.05, 3.63) is 64.2 Å². The molecule has 2 rings (SSSR count).